The van der Waals surface area contributed by atoms with Crippen molar-refractivity contribution < 1.29 is 14.3 Å². The molecule has 0 aliphatic carbocycles. The van der Waals surface area contributed by atoms with E-state index in [1.54, 1.807) is 19.1 Å². The normalized spacial score (nSPS) is 10.3. The molecule has 3 N–H and O–H groups in total. The molecule has 0 atom stereocenters. The third kappa shape index (κ3) is 3.75. The molecule has 0 spiro atoms. The van der Waals surface area contributed by atoms with E-state index >= 15 is 0 Å². The van der Waals surface area contributed by atoms with Crippen LogP contribution < -0.4 is 11.1 Å². The molecule has 2 aromatic rings. The molecular formula is C14H14ClN3O3S. The number of amides is 1. The monoisotopic (exact) mass is 339 g/mol. The van der Waals surface area contributed by atoms with Crippen LogP contribution in [0, 0.1) is 13.8 Å². The van der Waals surface area contributed by atoms with Gasteiger partial charge in [0.05, 0.1) is 16.4 Å². The van der Waals surface area contributed by atoms with Gasteiger partial charge in [0, 0.05) is 0 Å². The predicted octanol–water partition coefficient (Wildman–Crippen LogP) is 2.79. The van der Waals surface area contributed by atoms with E-state index in [0.29, 0.717) is 16.4 Å². The number of hydrogen-bond acceptors (Lipinski definition) is 6. The maximum absolute atomic E-state index is 11.9. The first-order valence-electron chi connectivity index (χ1n) is 6.33. The molecule has 0 aliphatic rings. The number of carbonyl (C=O) groups is 2. The Hall–Kier alpha value is -2.12. The average molecular weight is 340 g/mol. The molecule has 22 heavy (non-hydrogen) atoms. The number of nitrogens with two attached hydrogens (primary N) is 1. The van der Waals surface area contributed by atoms with Gasteiger partial charge in [0.15, 0.2) is 6.61 Å². The molecule has 0 aliphatic heterocycles. The number of nitrogen functional groups attached to an aromatic ring is 1. The van der Waals surface area contributed by atoms with Crippen molar-refractivity contribution >= 4 is 45.7 Å². The van der Waals surface area contributed by atoms with E-state index in [0.717, 1.165) is 17.1 Å². The van der Waals surface area contributed by atoms with Gasteiger partial charge >= 0.3 is 5.97 Å². The van der Waals surface area contributed by atoms with Crippen LogP contribution in [0.4, 0.5) is 10.7 Å². The molecule has 1 aromatic heterocycles. The van der Waals surface area contributed by atoms with E-state index in [9.17, 15) is 9.59 Å². The summed E-state index contributed by atoms with van der Waals surface area (Å²) in [7, 11) is 0. The van der Waals surface area contributed by atoms with Crippen LogP contribution in [0.2, 0.25) is 5.02 Å². The number of esters is 1. The number of rotatable bonds is 4. The number of hydrogen-bond donors (Lipinski definition) is 2. The lowest BCUT2D eigenvalue weighted by atomic mass is 10.2. The van der Waals surface area contributed by atoms with Gasteiger partial charge in [-0.3, -0.25) is 4.79 Å². The Kier molecular flexibility index (Phi) is 4.99. The van der Waals surface area contributed by atoms with Crippen molar-refractivity contribution in [1.29, 1.82) is 0 Å². The van der Waals surface area contributed by atoms with Gasteiger partial charge in [-0.25, -0.2) is 4.79 Å². The molecule has 2 rings (SSSR count). The average Bonchev–Trinajstić information content (AvgIpc) is 2.79. The van der Waals surface area contributed by atoms with E-state index < -0.39 is 18.5 Å². The predicted molar refractivity (Wildman–Crippen MR) is 86.4 cm³/mol. The highest BCUT2D eigenvalue weighted by Gasteiger charge is 2.19. The Morgan fingerprint density at radius 3 is 2.73 bits per heavy atom. The maximum atomic E-state index is 11.9. The van der Waals surface area contributed by atoms with Crippen LogP contribution in [0.5, 0.6) is 0 Å². The molecule has 6 nitrogen and oxygen atoms in total. The maximum Gasteiger partial charge on any atom is 0.343 e. The van der Waals surface area contributed by atoms with Crippen molar-refractivity contribution in [3.63, 3.8) is 0 Å². The largest absolute Gasteiger partial charge is 0.452 e. The summed E-state index contributed by atoms with van der Waals surface area (Å²) in [5.74, 6) is -1.16. The van der Waals surface area contributed by atoms with Crippen molar-refractivity contribution in [3.05, 3.63) is 40.0 Å². The molecule has 0 bridgehead atoms. The van der Waals surface area contributed by atoms with Gasteiger partial charge in [-0.2, -0.15) is 4.37 Å². The molecule has 1 aromatic carbocycles. The van der Waals surface area contributed by atoms with Crippen LogP contribution in [0.25, 0.3) is 0 Å². The highest BCUT2D eigenvalue weighted by atomic mass is 35.5. The van der Waals surface area contributed by atoms with Crippen LogP contribution in [0.15, 0.2) is 18.2 Å². The highest BCUT2D eigenvalue weighted by molar-refractivity contribution is 7.10. The third-order valence-electron chi connectivity index (χ3n) is 2.83. The molecule has 1 heterocycles. The second kappa shape index (κ2) is 6.76. The first-order chi connectivity index (χ1) is 10.4. The quantitative estimate of drug-likeness (QED) is 0.835. The van der Waals surface area contributed by atoms with Gasteiger partial charge in [-0.1, -0.05) is 17.7 Å². The molecule has 1 amide bonds. The zero-order valence-electron chi connectivity index (χ0n) is 12.0. The van der Waals surface area contributed by atoms with Crippen LogP contribution in [-0.2, 0) is 9.53 Å². The van der Waals surface area contributed by atoms with Gasteiger partial charge in [0.25, 0.3) is 5.91 Å². The smallest absolute Gasteiger partial charge is 0.343 e. The summed E-state index contributed by atoms with van der Waals surface area (Å²) in [6, 6.07) is 5.22. The van der Waals surface area contributed by atoms with Crippen molar-refractivity contribution in [3.8, 4) is 0 Å². The number of anilines is 2. The lowest BCUT2D eigenvalue weighted by molar-refractivity contribution is -0.119. The minimum Gasteiger partial charge on any atom is -0.452 e. The topological polar surface area (TPSA) is 94.3 Å². The molecular weight excluding hydrogens is 326 g/mol. The van der Waals surface area contributed by atoms with E-state index in [1.807, 2.05) is 13.0 Å². The summed E-state index contributed by atoms with van der Waals surface area (Å²) < 4.78 is 8.89. The second-order valence-corrected chi connectivity index (χ2v) is 5.83. The second-order valence-electron chi connectivity index (χ2n) is 4.61. The summed E-state index contributed by atoms with van der Waals surface area (Å²) in [6.07, 6.45) is 0. The van der Waals surface area contributed by atoms with E-state index in [1.165, 1.54) is 0 Å². The van der Waals surface area contributed by atoms with Crippen molar-refractivity contribution in [1.82, 2.24) is 4.37 Å². The van der Waals surface area contributed by atoms with Crippen molar-refractivity contribution in [2.24, 2.45) is 0 Å². The molecule has 116 valence electrons. The molecule has 0 saturated heterocycles. The fraction of sp³-hybridized carbons (Fsp3) is 0.214. The zero-order chi connectivity index (χ0) is 16.3. The van der Waals surface area contributed by atoms with Gasteiger partial charge in [-0.15, -0.1) is 0 Å². The highest BCUT2D eigenvalue weighted by Crippen LogP contribution is 2.23. The molecule has 0 fully saturated rings. The summed E-state index contributed by atoms with van der Waals surface area (Å²) in [5.41, 5.74) is 7.76. The summed E-state index contributed by atoms with van der Waals surface area (Å²) in [6.45, 7) is 3.11. The Balaban J connectivity index is 1.94. The van der Waals surface area contributed by atoms with Crippen molar-refractivity contribution in [2.45, 2.75) is 13.8 Å². The minimum absolute atomic E-state index is 0.200. The number of aromatic nitrogens is 1. The molecule has 0 radical (unpaired) electrons. The Morgan fingerprint density at radius 2 is 2.14 bits per heavy atom. The number of nitrogens with one attached hydrogen (secondary N) is 1. The third-order valence-corrected chi connectivity index (χ3v) is 3.90. The van der Waals surface area contributed by atoms with Crippen LogP contribution in [0.3, 0.4) is 0 Å². The molecule has 0 saturated carbocycles. The number of benzene rings is 1. The number of aryl methyl sites for hydroxylation is 2. The molecule has 8 heteroatoms. The summed E-state index contributed by atoms with van der Waals surface area (Å²) in [5, 5.41) is 3.26. The number of nitrogens with zero attached hydrogens (tertiary/aromatic N) is 1. The summed E-state index contributed by atoms with van der Waals surface area (Å²) >= 11 is 7.02. The first kappa shape index (κ1) is 16.3. The van der Waals surface area contributed by atoms with Crippen LogP contribution in [-0.4, -0.2) is 22.9 Å². The minimum atomic E-state index is -0.672. The van der Waals surface area contributed by atoms with Crippen LogP contribution >= 0.6 is 23.1 Å². The number of carbonyl (C=O) groups excluding carboxylic acids is 2. The van der Waals surface area contributed by atoms with E-state index in [-0.39, 0.29) is 10.6 Å². The standard InChI is InChI=1S/C14H14ClN3O3S/c1-7-3-4-10(9(15)5-7)17-11(19)6-21-14(20)12-8(2)18-22-13(12)16/h3-5H,6,16H2,1-2H3,(H,17,19). The van der Waals surface area contributed by atoms with Crippen molar-refractivity contribution in [2.75, 3.05) is 17.7 Å². The lowest BCUT2D eigenvalue weighted by Gasteiger charge is -2.08. The van der Waals surface area contributed by atoms with Gasteiger partial charge in [0.2, 0.25) is 0 Å². The van der Waals surface area contributed by atoms with Gasteiger partial charge in [-0.05, 0) is 43.1 Å². The van der Waals surface area contributed by atoms with E-state index in [4.69, 9.17) is 22.1 Å². The fourth-order valence-electron chi connectivity index (χ4n) is 1.75. The summed E-state index contributed by atoms with van der Waals surface area (Å²) in [4.78, 5) is 23.7. The Morgan fingerprint density at radius 1 is 1.41 bits per heavy atom. The number of ether oxygens (including phenoxy) is 1. The van der Waals surface area contributed by atoms with Gasteiger partial charge in [0.1, 0.15) is 10.6 Å². The van der Waals surface area contributed by atoms with Crippen LogP contribution in [0.1, 0.15) is 21.6 Å². The first-order valence-corrected chi connectivity index (χ1v) is 7.48. The Labute approximate surface area is 136 Å². The molecule has 0 unspecified atom stereocenters. The SMILES string of the molecule is Cc1ccc(NC(=O)COC(=O)c2c(C)nsc2N)c(Cl)c1. The zero-order valence-corrected chi connectivity index (χ0v) is 13.5. The Bertz CT molecular complexity index is 711. The van der Waals surface area contributed by atoms with Gasteiger partial charge < -0.3 is 15.8 Å². The van der Waals surface area contributed by atoms with E-state index in [2.05, 4.69) is 9.69 Å². The lowest BCUT2D eigenvalue weighted by Crippen LogP contribution is -2.21. The fourth-order valence-corrected chi connectivity index (χ4v) is 2.68. The number of halogens is 1.